The summed E-state index contributed by atoms with van der Waals surface area (Å²) in [5.41, 5.74) is -1.24. The third kappa shape index (κ3) is 2.70. The fraction of sp³-hybridized carbons (Fsp3) is 0.455. The van der Waals surface area contributed by atoms with Crippen molar-refractivity contribution in [1.82, 2.24) is 9.55 Å². The van der Waals surface area contributed by atoms with E-state index >= 15 is 0 Å². The number of aliphatic hydroxyl groups excluding tert-OH is 1. The summed E-state index contributed by atoms with van der Waals surface area (Å²) < 4.78 is 20.0. The molecule has 0 spiro atoms. The van der Waals surface area contributed by atoms with E-state index < -0.39 is 35.9 Å². The zero-order valence-electron chi connectivity index (χ0n) is 9.75. The van der Waals surface area contributed by atoms with Crippen LogP contribution >= 0.6 is 15.9 Å². The number of hydrogen-bond donors (Lipinski definition) is 2. The van der Waals surface area contributed by atoms with Gasteiger partial charge in [-0.1, -0.05) is 6.08 Å². The highest BCUT2D eigenvalue weighted by atomic mass is 79.9. The monoisotopic (exact) mass is 334 g/mol. The smallest absolute Gasteiger partial charge is 0.330 e. The van der Waals surface area contributed by atoms with E-state index in [9.17, 15) is 19.1 Å². The fourth-order valence-electron chi connectivity index (χ4n) is 1.94. The van der Waals surface area contributed by atoms with E-state index in [0.29, 0.717) is 0 Å². The van der Waals surface area contributed by atoms with Crippen molar-refractivity contribution < 1.29 is 14.2 Å². The Kier molecular flexibility index (Phi) is 4.02. The molecule has 19 heavy (non-hydrogen) atoms. The Hall–Kier alpha value is -1.25. The Morgan fingerprint density at radius 2 is 2.37 bits per heavy atom. The number of H-pyrrole nitrogens is 1. The molecular formula is C11H12BrFN2O4. The molecular weight excluding hydrogens is 323 g/mol. The topological polar surface area (TPSA) is 84.3 Å². The Bertz CT molecular complexity index is 599. The van der Waals surface area contributed by atoms with Crippen LogP contribution in [0.2, 0.25) is 0 Å². The van der Waals surface area contributed by atoms with Crippen LogP contribution in [-0.2, 0) is 4.74 Å². The van der Waals surface area contributed by atoms with Crippen LogP contribution in [0.15, 0.2) is 32.9 Å². The van der Waals surface area contributed by atoms with Crippen LogP contribution in [-0.4, -0.2) is 33.0 Å². The van der Waals surface area contributed by atoms with E-state index in [0.717, 1.165) is 10.6 Å². The van der Waals surface area contributed by atoms with Gasteiger partial charge in [-0.2, -0.15) is 0 Å². The van der Waals surface area contributed by atoms with E-state index in [-0.39, 0.29) is 10.9 Å². The standard InChI is InChI=1S/C11H12BrFN2O4/c1-2-6(13)9-7(16)3-8(19-9)15-4-5(12)10(17)14-11(15)18/h2,4,6-9,16H,1,3H2,(H,14,17,18)/t6?,7-,8+,9+/m0/s1. The summed E-state index contributed by atoms with van der Waals surface area (Å²) in [5, 5.41) is 9.73. The van der Waals surface area contributed by atoms with Crippen molar-refractivity contribution in [2.75, 3.05) is 0 Å². The molecule has 1 unspecified atom stereocenters. The second kappa shape index (κ2) is 5.40. The van der Waals surface area contributed by atoms with Crippen molar-refractivity contribution in [1.29, 1.82) is 0 Å². The van der Waals surface area contributed by atoms with Gasteiger partial charge in [-0.15, -0.1) is 6.58 Å². The second-order valence-electron chi connectivity index (χ2n) is 4.18. The van der Waals surface area contributed by atoms with Crippen LogP contribution in [0.1, 0.15) is 12.6 Å². The molecule has 1 fully saturated rings. The molecule has 0 radical (unpaired) electrons. The first-order chi connectivity index (χ1) is 8.93. The van der Waals surface area contributed by atoms with Crippen LogP contribution in [0.25, 0.3) is 0 Å². The molecule has 0 aliphatic carbocycles. The van der Waals surface area contributed by atoms with Gasteiger partial charge in [0.15, 0.2) is 0 Å². The van der Waals surface area contributed by atoms with Gasteiger partial charge in [0, 0.05) is 12.6 Å². The Morgan fingerprint density at radius 1 is 1.68 bits per heavy atom. The zero-order valence-corrected chi connectivity index (χ0v) is 11.3. The summed E-state index contributed by atoms with van der Waals surface area (Å²) in [7, 11) is 0. The van der Waals surface area contributed by atoms with Gasteiger partial charge in [-0.25, -0.2) is 9.18 Å². The van der Waals surface area contributed by atoms with Crippen molar-refractivity contribution >= 4 is 15.9 Å². The van der Waals surface area contributed by atoms with Crippen LogP contribution in [0.3, 0.4) is 0 Å². The van der Waals surface area contributed by atoms with Crippen molar-refractivity contribution in [2.45, 2.75) is 31.0 Å². The molecule has 0 aromatic carbocycles. The van der Waals surface area contributed by atoms with E-state index in [1.807, 2.05) is 0 Å². The third-order valence-electron chi connectivity index (χ3n) is 2.91. The fourth-order valence-corrected chi connectivity index (χ4v) is 2.26. The van der Waals surface area contributed by atoms with Gasteiger partial charge < -0.3 is 9.84 Å². The minimum Gasteiger partial charge on any atom is -0.390 e. The second-order valence-corrected chi connectivity index (χ2v) is 5.04. The Balaban J connectivity index is 2.30. The lowest BCUT2D eigenvalue weighted by Crippen LogP contribution is -2.33. The number of aliphatic hydroxyl groups is 1. The predicted molar refractivity (Wildman–Crippen MR) is 68.6 cm³/mol. The molecule has 1 aliphatic rings. The molecule has 2 N–H and O–H groups in total. The Morgan fingerprint density at radius 3 is 3.00 bits per heavy atom. The molecule has 1 aliphatic heterocycles. The lowest BCUT2D eigenvalue weighted by molar-refractivity contribution is -0.0479. The van der Waals surface area contributed by atoms with Gasteiger partial charge in [-0.3, -0.25) is 14.3 Å². The van der Waals surface area contributed by atoms with E-state index in [1.54, 1.807) is 0 Å². The zero-order chi connectivity index (χ0) is 14.2. The van der Waals surface area contributed by atoms with Crippen molar-refractivity contribution in [3.05, 3.63) is 44.2 Å². The molecule has 4 atom stereocenters. The number of hydrogen-bond acceptors (Lipinski definition) is 4. The third-order valence-corrected chi connectivity index (χ3v) is 3.48. The molecule has 0 amide bonds. The number of ether oxygens (including phenoxy) is 1. The number of aromatic nitrogens is 2. The number of aromatic amines is 1. The normalized spacial score (nSPS) is 28.3. The van der Waals surface area contributed by atoms with Crippen molar-refractivity contribution in [3.8, 4) is 0 Å². The van der Waals surface area contributed by atoms with Crippen LogP contribution in [0, 0.1) is 0 Å². The maximum Gasteiger partial charge on any atom is 0.330 e. The van der Waals surface area contributed by atoms with Crippen molar-refractivity contribution in [3.63, 3.8) is 0 Å². The summed E-state index contributed by atoms with van der Waals surface area (Å²) in [6.45, 7) is 3.29. The number of nitrogens with zero attached hydrogens (tertiary/aromatic N) is 1. The Labute approximate surface area is 115 Å². The molecule has 2 heterocycles. The number of rotatable bonds is 3. The van der Waals surface area contributed by atoms with Gasteiger partial charge in [0.2, 0.25) is 0 Å². The minimum absolute atomic E-state index is 0.0529. The molecule has 8 heteroatoms. The highest BCUT2D eigenvalue weighted by Crippen LogP contribution is 2.30. The maximum absolute atomic E-state index is 13.5. The van der Waals surface area contributed by atoms with Crippen LogP contribution in [0.5, 0.6) is 0 Å². The maximum atomic E-state index is 13.5. The lowest BCUT2D eigenvalue weighted by atomic mass is 10.1. The molecule has 2 rings (SSSR count). The first kappa shape index (κ1) is 14.2. The summed E-state index contributed by atoms with van der Waals surface area (Å²) >= 11 is 2.99. The number of nitrogens with one attached hydrogen (secondary N) is 1. The molecule has 0 saturated carbocycles. The summed E-state index contributed by atoms with van der Waals surface area (Å²) in [6, 6.07) is 0. The van der Waals surface area contributed by atoms with Crippen LogP contribution in [0.4, 0.5) is 4.39 Å². The van der Waals surface area contributed by atoms with Crippen LogP contribution < -0.4 is 11.2 Å². The predicted octanol–water partition coefficient (Wildman–Crippen LogP) is 0.472. The highest BCUT2D eigenvalue weighted by Gasteiger charge is 2.39. The van der Waals surface area contributed by atoms with Crippen molar-refractivity contribution in [2.24, 2.45) is 0 Å². The number of halogens is 2. The molecule has 6 nitrogen and oxygen atoms in total. The average Bonchev–Trinajstić information content (AvgIpc) is 2.75. The van der Waals surface area contributed by atoms with E-state index in [2.05, 4.69) is 27.5 Å². The SMILES string of the molecule is C=CC(F)[C@H]1O[C@@H](n2cc(Br)c(=O)[nH]c2=O)C[C@@H]1O. The molecule has 0 bridgehead atoms. The lowest BCUT2D eigenvalue weighted by Gasteiger charge is -2.17. The van der Waals surface area contributed by atoms with E-state index in [4.69, 9.17) is 4.74 Å². The average molecular weight is 335 g/mol. The van der Waals surface area contributed by atoms with Gasteiger partial charge >= 0.3 is 5.69 Å². The van der Waals surface area contributed by atoms with Gasteiger partial charge in [0.1, 0.15) is 18.5 Å². The molecule has 104 valence electrons. The highest BCUT2D eigenvalue weighted by molar-refractivity contribution is 9.10. The van der Waals surface area contributed by atoms with Gasteiger partial charge in [0.25, 0.3) is 5.56 Å². The summed E-state index contributed by atoms with van der Waals surface area (Å²) in [4.78, 5) is 24.9. The first-order valence-electron chi connectivity index (χ1n) is 5.55. The quantitative estimate of drug-likeness (QED) is 0.787. The molecule has 1 aromatic heterocycles. The van der Waals surface area contributed by atoms with Gasteiger partial charge in [-0.05, 0) is 15.9 Å². The van der Waals surface area contributed by atoms with Gasteiger partial charge in [0.05, 0.1) is 10.6 Å². The summed E-state index contributed by atoms with van der Waals surface area (Å²) in [5.74, 6) is 0. The molecule has 1 saturated heterocycles. The van der Waals surface area contributed by atoms with E-state index in [1.165, 1.54) is 6.20 Å². The summed E-state index contributed by atoms with van der Waals surface area (Å²) in [6.07, 6.45) is -2.14. The molecule has 1 aromatic rings. The largest absolute Gasteiger partial charge is 0.390 e. The number of alkyl halides is 1. The first-order valence-corrected chi connectivity index (χ1v) is 6.34. The minimum atomic E-state index is -1.53.